The minimum Gasteiger partial charge on any atom is -0.345 e. The first kappa shape index (κ1) is 14.9. The average Bonchev–Trinajstić information content (AvgIpc) is 2.93. The standard InChI is InChI=1S/C15H21N3OS/c1-4-20-8-7-11(2)18(3)15(19)12-5-6-13-14(9-12)17-10-16-13/h5-6,9-11H,4,7-8H2,1-3H3,(H,16,17)/t11-/m0/s1. The SMILES string of the molecule is CCSCC[C@H](C)N(C)C(=O)c1ccc2nc[nH]c2c1. The number of nitrogens with zero attached hydrogens (tertiary/aromatic N) is 2. The lowest BCUT2D eigenvalue weighted by Crippen LogP contribution is -2.35. The van der Waals surface area contributed by atoms with Crippen LogP contribution in [0.25, 0.3) is 11.0 Å². The van der Waals surface area contributed by atoms with Gasteiger partial charge in [0.05, 0.1) is 17.4 Å². The van der Waals surface area contributed by atoms with Crippen molar-refractivity contribution in [3.8, 4) is 0 Å². The van der Waals surface area contributed by atoms with Crippen LogP contribution in [-0.4, -0.2) is 45.4 Å². The van der Waals surface area contributed by atoms with E-state index >= 15 is 0 Å². The number of amides is 1. The Morgan fingerprint density at radius 1 is 1.50 bits per heavy atom. The predicted molar refractivity (Wildman–Crippen MR) is 85.3 cm³/mol. The quantitative estimate of drug-likeness (QED) is 0.832. The van der Waals surface area contributed by atoms with Gasteiger partial charge >= 0.3 is 0 Å². The van der Waals surface area contributed by atoms with Crippen molar-refractivity contribution < 1.29 is 4.79 Å². The van der Waals surface area contributed by atoms with Crippen LogP contribution < -0.4 is 0 Å². The van der Waals surface area contributed by atoms with Gasteiger partial charge in [-0.05, 0) is 43.0 Å². The first-order chi connectivity index (χ1) is 9.63. The third kappa shape index (κ3) is 3.33. The molecule has 0 unspecified atom stereocenters. The molecule has 1 N–H and O–H groups in total. The first-order valence-corrected chi connectivity index (χ1v) is 8.07. The molecule has 20 heavy (non-hydrogen) atoms. The number of aromatic amines is 1. The molecule has 0 aliphatic rings. The van der Waals surface area contributed by atoms with Crippen LogP contribution in [0.3, 0.4) is 0 Å². The zero-order chi connectivity index (χ0) is 14.5. The van der Waals surface area contributed by atoms with Gasteiger partial charge in [0, 0.05) is 18.7 Å². The lowest BCUT2D eigenvalue weighted by molar-refractivity contribution is 0.0741. The Kier molecular flexibility index (Phi) is 5.06. The van der Waals surface area contributed by atoms with Crippen molar-refractivity contribution in [3.63, 3.8) is 0 Å². The first-order valence-electron chi connectivity index (χ1n) is 6.91. The number of carbonyl (C=O) groups excluding carboxylic acids is 1. The Hall–Kier alpha value is -1.49. The largest absolute Gasteiger partial charge is 0.345 e. The maximum Gasteiger partial charge on any atom is 0.253 e. The monoisotopic (exact) mass is 291 g/mol. The highest BCUT2D eigenvalue weighted by atomic mass is 32.2. The number of nitrogens with one attached hydrogen (secondary N) is 1. The number of thioether (sulfide) groups is 1. The fourth-order valence-corrected chi connectivity index (χ4v) is 2.86. The number of rotatable bonds is 6. The van der Waals surface area contributed by atoms with E-state index in [1.165, 1.54) is 0 Å². The Labute approximate surface area is 124 Å². The fraction of sp³-hybridized carbons (Fsp3) is 0.467. The third-order valence-corrected chi connectivity index (χ3v) is 4.47. The van der Waals surface area contributed by atoms with Gasteiger partial charge in [0.15, 0.2) is 0 Å². The Balaban J connectivity index is 2.05. The number of hydrogen-bond acceptors (Lipinski definition) is 3. The normalized spacial score (nSPS) is 12.6. The zero-order valence-corrected chi connectivity index (χ0v) is 13.0. The van der Waals surface area contributed by atoms with E-state index in [4.69, 9.17) is 0 Å². The lowest BCUT2D eigenvalue weighted by atomic mass is 10.1. The van der Waals surface area contributed by atoms with Crippen molar-refractivity contribution in [3.05, 3.63) is 30.1 Å². The molecule has 1 aromatic carbocycles. The van der Waals surface area contributed by atoms with E-state index in [0.717, 1.165) is 29.0 Å². The molecule has 0 saturated heterocycles. The molecule has 4 nitrogen and oxygen atoms in total. The van der Waals surface area contributed by atoms with E-state index in [0.29, 0.717) is 5.56 Å². The lowest BCUT2D eigenvalue weighted by Gasteiger charge is -2.25. The molecule has 1 heterocycles. The van der Waals surface area contributed by atoms with Crippen molar-refractivity contribution in [2.45, 2.75) is 26.3 Å². The highest BCUT2D eigenvalue weighted by molar-refractivity contribution is 7.99. The minimum absolute atomic E-state index is 0.0653. The van der Waals surface area contributed by atoms with Gasteiger partial charge < -0.3 is 9.88 Å². The van der Waals surface area contributed by atoms with Gasteiger partial charge in [-0.2, -0.15) is 11.8 Å². The molecule has 0 saturated carbocycles. The van der Waals surface area contributed by atoms with Crippen molar-refractivity contribution in [2.24, 2.45) is 0 Å². The number of fused-ring (bicyclic) bond motifs is 1. The van der Waals surface area contributed by atoms with Crippen LogP contribution in [0.4, 0.5) is 0 Å². The maximum atomic E-state index is 12.5. The van der Waals surface area contributed by atoms with Gasteiger partial charge in [-0.25, -0.2) is 4.98 Å². The minimum atomic E-state index is 0.0653. The molecule has 0 fully saturated rings. The van der Waals surface area contributed by atoms with Crippen molar-refractivity contribution >= 4 is 28.7 Å². The van der Waals surface area contributed by atoms with Crippen LogP contribution >= 0.6 is 11.8 Å². The van der Waals surface area contributed by atoms with Crippen molar-refractivity contribution in [1.82, 2.24) is 14.9 Å². The number of carbonyl (C=O) groups is 1. The summed E-state index contributed by atoms with van der Waals surface area (Å²) in [6.07, 6.45) is 2.67. The van der Waals surface area contributed by atoms with E-state index in [9.17, 15) is 4.79 Å². The third-order valence-electron chi connectivity index (χ3n) is 3.53. The summed E-state index contributed by atoms with van der Waals surface area (Å²) in [6.45, 7) is 4.26. The number of hydrogen-bond donors (Lipinski definition) is 1. The Bertz CT molecular complexity index is 581. The predicted octanol–water partition coefficient (Wildman–Crippen LogP) is 3.17. The van der Waals surface area contributed by atoms with E-state index in [1.807, 2.05) is 41.9 Å². The molecular weight excluding hydrogens is 270 g/mol. The smallest absolute Gasteiger partial charge is 0.253 e. The summed E-state index contributed by atoms with van der Waals surface area (Å²) in [5, 5.41) is 0. The van der Waals surface area contributed by atoms with Gasteiger partial charge in [0.2, 0.25) is 0 Å². The van der Waals surface area contributed by atoms with E-state index in [1.54, 1.807) is 6.33 Å². The molecule has 2 rings (SSSR count). The molecule has 0 spiro atoms. The van der Waals surface area contributed by atoms with Crippen LogP contribution in [0.15, 0.2) is 24.5 Å². The molecule has 0 bridgehead atoms. The second-order valence-electron chi connectivity index (χ2n) is 4.89. The van der Waals surface area contributed by atoms with Gasteiger partial charge in [0.1, 0.15) is 0 Å². The summed E-state index contributed by atoms with van der Waals surface area (Å²) >= 11 is 1.91. The summed E-state index contributed by atoms with van der Waals surface area (Å²) < 4.78 is 0. The maximum absolute atomic E-state index is 12.5. The number of H-pyrrole nitrogens is 1. The summed E-state index contributed by atoms with van der Waals surface area (Å²) in [5.74, 6) is 2.28. The van der Waals surface area contributed by atoms with Crippen LogP contribution in [0.1, 0.15) is 30.6 Å². The highest BCUT2D eigenvalue weighted by Crippen LogP contribution is 2.15. The summed E-state index contributed by atoms with van der Waals surface area (Å²) in [4.78, 5) is 21.5. The molecular formula is C15H21N3OS. The van der Waals surface area contributed by atoms with E-state index in [-0.39, 0.29) is 11.9 Å². The Morgan fingerprint density at radius 2 is 2.30 bits per heavy atom. The molecule has 0 aliphatic carbocycles. The van der Waals surface area contributed by atoms with Gasteiger partial charge in [-0.1, -0.05) is 6.92 Å². The van der Waals surface area contributed by atoms with Crippen molar-refractivity contribution in [1.29, 1.82) is 0 Å². The molecule has 108 valence electrons. The molecule has 1 amide bonds. The molecule has 1 aromatic heterocycles. The van der Waals surface area contributed by atoms with Crippen LogP contribution in [-0.2, 0) is 0 Å². The van der Waals surface area contributed by atoms with Gasteiger partial charge in [0.25, 0.3) is 5.91 Å². The number of aromatic nitrogens is 2. The summed E-state index contributed by atoms with van der Waals surface area (Å²) in [5.41, 5.74) is 2.49. The summed E-state index contributed by atoms with van der Waals surface area (Å²) in [7, 11) is 1.88. The Morgan fingerprint density at radius 3 is 3.05 bits per heavy atom. The average molecular weight is 291 g/mol. The molecule has 0 radical (unpaired) electrons. The van der Waals surface area contributed by atoms with Crippen molar-refractivity contribution in [2.75, 3.05) is 18.6 Å². The zero-order valence-electron chi connectivity index (χ0n) is 12.2. The number of benzene rings is 1. The molecule has 0 aliphatic heterocycles. The number of imidazole rings is 1. The molecule has 5 heteroatoms. The van der Waals surface area contributed by atoms with Crippen LogP contribution in [0.2, 0.25) is 0 Å². The second-order valence-corrected chi connectivity index (χ2v) is 6.28. The van der Waals surface area contributed by atoms with Gasteiger partial charge in [-0.15, -0.1) is 0 Å². The van der Waals surface area contributed by atoms with Crippen LogP contribution in [0.5, 0.6) is 0 Å². The fourth-order valence-electron chi connectivity index (χ4n) is 2.06. The van der Waals surface area contributed by atoms with Gasteiger partial charge in [-0.3, -0.25) is 4.79 Å². The van der Waals surface area contributed by atoms with Crippen LogP contribution in [0, 0.1) is 0 Å². The summed E-state index contributed by atoms with van der Waals surface area (Å²) in [6, 6.07) is 5.84. The molecule has 1 atom stereocenters. The second kappa shape index (κ2) is 6.79. The highest BCUT2D eigenvalue weighted by Gasteiger charge is 2.17. The topological polar surface area (TPSA) is 49.0 Å². The van der Waals surface area contributed by atoms with E-state index < -0.39 is 0 Å². The molecule has 2 aromatic rings. The van der Waals surface area contributed by atoms with E-state index in [2.05, 4.69) is 23.8 Å².